The number of halogens is 1. The van der Waals surface area contributed by atoms with Gasteiger partial charge in [-0.25, -0.2) is 0 Å². The molecule has 0 N–H and O–H groups in total. The summed E-state index contributed by atoms with van der Waals surface area (Å²) < 4.78 is 11.7. The Morgan fingerprint density at radius 1 is 1.08 bits per heavy atom. The minimum atomic E-state index is 0.00503. The molecular formula is C20H19BrN2O3. The van der Waals surface area contributed by atoms with Crippen molar-refractivity contribution in [2.45, 2.75) is 0 Å². The molecule has 1 saturated heterocycles. The molecule has 1 aromatic heterocycles. The highest BCUT2D eigenvalue weighted by Crippen LogP contribution is 2.33. The van der Waals surface area contributed by atoms with Crippen LogP contribution in [0.4, 0.5) is 5.69 Å². The van der Waals surface area contributed by atoms with E-state index in [-0.39, 0.29) is 5.91 Å². The van der Waals surface area contributed by atoms with Crippen LogP contribution in [0.2, 0.25) is 0 Å². The predicted molar refractivity (Wildman–Crippen MR) is 105 cm³/mol. The van der Waals surface area contributed by atoms with Crippen LogP contribution in [0.25, 0.3) is 11.0 Å². The Bertz CT molecular complexity index is 931. The molecule has 0 spiro atoms. The zero-order chi connectivity index (χ0) is 18.1. The molecule has 0 atom stereocenters. The average molecular weight is 415 g/mol. The quantitative estimate of drug-likeness (QED) is 0.645. The molecule has 0 saturated carbocycles. The van der Waals surface area contributed by atoms with Gasteiger partial charge in [0.15, 0.2) is 4.67 Å². The van der Waals surface area contributed by atoms with E-state index in [0.717, 1.165) is 18.5 Å². The minimum absolute atomic E-state index is 0.00503. The van der Waals surface area contributed by atoms with Crippen LogP contribution in [0.15, 0.2) is 57.6 Å². The van der Waals surface area contributed by atoms with Gasteiger partial charge in [-0.3, -0.25) is 4.79 Å². The van der Waals surface area contributed by atoms with E-state index in [9.17, 15) is 4.79 Å². The van der Waals surface area contributed by atoms with Crippen LogP contribution in [0.3, 0.4) is 0 Å². The number of ether oxygens (including phenoxy) is 1. The fourth-order valence-corrected chi connectivity index (χ4v) is 3.76. The van der Waals surface area contributed by atoms with Crippen molar-refractivity contribution in [2.24, 2.45) is 0 Å². The SMILES string of the molecule is COc1cc(C(=O)N2CCN(c3ccccc3)CC2)cc2oc(Br)cc12. The fourth-order valence-electron chi connectivity index (χ4n) is 3.36. The summed E-state index contributed by atoms with van der Waals surface area (Å²) in [5, 5.41) is 0.852. The van der Waals surface area contributed by atoms with E-state index >= 15 is 0 Å². The maximum Gasteiger partial charge on any atom is 0.254 e. The maximum atomic E-state index is 13.0. The molecule has 134 valence electrons. The average Bonchev–Trinajstić information content (AvgIpc) is 3.07. The van der Waals surface area contributed by atoms with E-state index in [0.29, 0.717) is 34.7 Å². The topological polar surface area (TPSA) is 45.9 Å². The lowest BCUT2D eigenvalue weighted by atomic mass is 10.1. The summed E-state index contributed by atoms with van der Waals surface area (Å²) >= 11 is 3.33. The third-order valence-electron chi connectivity index (χ3n) is 4.72. The van der Waals surface area contributed by atoms with Gasteiger partial charge in [0, 0.05) is 43.5 Å². The Morgan fingerprint density at radius 2 is 1.81 bits per heavy atom. The number of amides is 1. The van der Waals surface area contributed by atoms with Crippen molar-refractivity contribution in [3.05, 3.63) is 58.8 Å². The van der Waals surface area contributed by atoms with Crippen molar-refractivity contribution in [3.8, 4) is 5.75 Å². The van der Waals surface area contributed by atoms with Crippen LogP contribution in [0.1, 0.15) is 10.4 Å². The maximum absolute atomic E-state index is 13.0. The first-order chi connectivity index (χ1) is 12.7. The molecule has 26 heavy (non-hydrogen) atoms. The Labute approximate surface area is 160 Å². The normalized spacial score (nSPS) is 14.7. The molecule has 2 aromatic carbocycles. The van der Waals surface area contributed by atoms with E-state index < -0.39 is 0 Å². The summed E-state index contributed by atoms with van der Waals surface area (Å²) in [6, 6.07) is 15.7. The summed E-state index contributed by atoms with van der Waals surface area (Å²) in [7, 11) is 1.60. The number of benzene rings is 2. The highest BCUT2D eigenvalue weighted by atomic mass is 79.9. The van der Waals surface area contributed by atoms with Gasteiger partial charge >= 0.3 is 0 Å². The number of furan rings is 1. The molecule has 0 bridgehead atoms. The van der Waals surface area contributed by atoms with E-state index in [1.807, 2.05) is 29.2 Å². The van der Waals surface area contributed by atoms with Crippen molar-refractivity contribution >= 4 is 38.5 Å². The number of nitrogens with zero attached hydrogens (tertiary/aromatic N) is 2. The number of hydrogen-bond donors (Lipinski definition) is 0. The van der Waals surface area contributed by atoms with Crippen LogP contribution in [0, 0.1) is 0 Å². The largest absolute Gasteiger partial charge is 0.496 e. The first-order valence-corrected chi connectivity index (χ1v) is 9.31. The van der Waals surface area contributed by atoms with Crippen LogP contribution in [-0.4, -0.2) is 44.1 Å². The van der Waals surface area contributed by atoms with Gasteiger partial charge in [0.1, 0.15) is 11.3 Å². The van der Waals surface area contributed by atoms with E-state index in [2.05, 4.69) is 33.0 Å². The molecule has 4 rings (SSSR count). The Kier molecular flexibility index (Phi) is 4.59. The molecule has 1 aliphatic heterocycles. The molecule has 5 nitrogen and oxygen atoms in total. The van der Waals surface area contributed by atoms with Crippen LogP contribution < -0.4 is 9.64 Å². The van der Waals surface area contributed by atoms with E-state index in [1.54, 1.807) is 19.2 Å². The van der Waals surface area contributed by atoms with Crippen LogP contribution >= 0.6 is 15.9 Å². The molecule has 2 heterocycles. The first-order valence-electron chi connectivity index (χ1n) is 8.52. The smallest absolute Gasteiger partial charge is 0.254 e. The molecule has 1 aliphatic rings. The monoisotopic (exact) mass is 414 g/mol. The van der Waals surface area contributed by atoms with Crippen LogP contribution in [0.5, 0.6) is 5.75 Å². The molecule has 0 unspecified atom stereocenters. The second-order valence-electron chi connectivity index (χ2n) is 6.26. The number of rotatable bonds is 3. The fraction of sp³-hybridized carbons (Fsp3) is 0.250. The molecule has 6 heteroatoms. The third kappa shape index (κ3) is 3.17. The number of para-hydroxylation sites is 1. The van der Waals surface area contributed by atoms with Crippen molar-refractivity contribution in [1.82, 2.24) is 4.90 Å². The number of fused-ring (bicyclic) bond motifs is 1. The molecule has 0 aliphatic carbocycles. The summed E-state index contributed by atoms with van der Waals surface area (Å²) in [6.07, 6.45) is 0. The summed E-state index contributed by atoms with van der Waals surface area (Å²) in [6.45, 7) is 3.02. The number of anilines is 1. The van der Waals surface area contributed by atoms with E-state index in [1.165, 1.54) is 5.69 Å². The Balaban J connectivity index is 1.52. The molecule has 0 radical (unpaired) electrons. The van der Waals surface area contributed by atoms with Gasteiger partial charge < -0.3 is 19.0 Å². The standard InChI is InChI=1S/C20H19BrN2O3/c1-25-17-11-14(12-18-16(17)13-19(21)26-18)20(24)23-9-7-22(8-10-23)15-5-3-2-4-6-15/h2-6,11-13H,7-10H2,1H3. The molecular weight excluding hydrogens is 396 g/mol. The summed E-state index contributed by atoms with van der Waals surface area (Å²) in [4.78, 5) is 17.1. The number of hydrogen-bond acceptors (Lipinski definition) is 4. The van der Waals surface area contributed by atoms with Crippen molar-refractivity contribution < 1.29 is 13.9 Å². The van der Waals surface area contributed by atoms with Crippen LogP contribution in [-0.2, 0) is 0 Å². The van der Waals surface area contributed by atoms with Gasteiger partial charge in [-0.2, -0.15) is 0 Å². The minimum Gasteiger partial charge on any atom is -0.496 e. The lowest BCUT2D eigenvalue weighted by molar-refractivity contribution is 0.0746. The van der Waals surface area contributed by atoms with Gasteiger partial charge in [-0.15, -0.1) is 0 Å². The number of carbonyl (C=O) groups excluding carboxylic acids is 1. The summed E-state index contributed by atoms with van der Waals surface area (Å²) in [5.41, 5.74) is 2.43. The molecule has 3 aromatic rings. The number of methoxy groups -OCH3 is 1. The van der Waals surface area contributed by atoms with Gasteiger partial charge in [-0.1, -0.05) is 18.2 Å². The Hall–Kier alpha value is -2.47. The zero-order valence-corrected chi connectivity index (χ0v) is 16.0. The molecule has 1 amide bonds. The van der Waals surface area contributed by atoms with Crippen molar-refractivity contribution in [2.75, 3.05) is 38.2 Å². The first kappa shape index (κ1) is 17.0. The zero-order valence-electron chi connectivity index (χ0n) is 14.4. The number of carbonyl (C=O) groups is 1. The molecule has 1 fully saturated rings. The Morgan fingerprint density at radius 3 is 2.50 bits per heavy atom. The second kappa shape index (κ2) is 7.03. The van der Waals surface area contributed by atoms with Gasteiger partial charge in [0.05, 0.1) is 12.5 Å². The van der Waals surface area contributed by atoms with Crippen molar-refractivity contribution in [1.29, 1.82) is 0 Å². The van der Waals surface area contributed by atoms with Gasteiger partial charge in [-0.05, 0) is 40.2 Å². The lowest BCUT2D eigenvalue weighted by Crippen LogP contribution is -2.48. The van der Waals surface area contributed by atoms with E-state index in [4.69, 9.17) is 9.15 Å². The predicted octanol–water partition coefficient (Wildman–Crippen LogP) is 4.17. The highest BCUT2D eigenvalue weighted by Gasteiger charge is 2.24. The van der Waals surface area contributed by atoms with Gasteiger partial charge in [0.25, 0.3) is 5.91 Å². The summed E-state index contributed by atoms with van der Waals surface area (Å²) in [5.74, 6) is 0.647. The van der Waals surface area contributed by atoms with Crippen molar-refractivity contribution in [3.63, 3.8) is 0 Å². The second-order valence-corrected chi connectivity index (χ2v) is 7.04. The number of piperazine rings is 1. The lowest BCUT2D eigenvalue weighted by Gasteiger charge is -2.36. The van der Waals surface area contributed by atoms with Gasteiger partial charge in [0.2, 0.25) is 0 Å². The third-order valence-corrected chi connectivity index (χ3v) is 5.12. The highest BCUT2D eigenvalue weighted by molar-refractivity contribution is 9.10.